The third-order valence-electron chi connectivity index (χ3n) is 6.35. The first kappa shape index (κ1) is 19.4. The molecular formula is C21H34Si3. The fourth-order valence-electron chi connectivity index (χ4n) is 4.63. The van der Waals surface area contributed by atoms with Crippen LogP contribution in [0.15, 0.2) is 60.7 Å². The molecule has 0 aliphatic carbocycles. The monoisotopic (exact) mass is 370 g/mol. The van der Waals surface area contributed by atoms with Crippen LogP contribution in [0.1, 0.15) is 20.8 Å². The topological polar surface area (TPSA) is 0 Å². The minimum Gasteiger partial charge on any atom is -0.0725 e. The predicted molar refractivity (Wildman–Crippen MR) is 118 cm³/mol. The average Bonchev–Trinajstić information content (AvgIpc) is 2.47. The molecule has 0 radical (unpaired) electrons. The maximum Gasteiger partial charge on any atom is 0.113 e. The van der Waals surface area contributed by atoms with Crippen molar-refractivity contribution < 1.29 is 0 Å². The lowest BCUT2D eigenvalue weighted by molar-refractivity contribution is 0.742. The average molecular weight is 371 g/mol. The van der Waals surface area contributed by atoms with E-state index >= 15 is 0 Å². The SMILES string of the molecule is CC(C)(C)[Si](c1ccccc1)(c1ccccc1)[Si](C)(C)[Si](C)(C)C. The van der Waals surface area contributed by atoms with Gasteiger partial charge in [0.1, 0.15) is 7.59 Å². The molecule has 2 aromatic rings. The van der Waals surface area contributed by atoms with Crippen molar-refractivity contribution in [3.63, 3.8) is 0 Å². The van der Waals surface area contributed by atoms with Gasteiger partial charge in [-0.25, -0.2) is 0 Å². The van der Waals surface area contributed by atoms with Crippen molar-refractivity contribution in [2.45, 2.75) is 58.5 Å². The van der Waals surface area contributed by atoms with Gasteiger partial charge in [0.25, 0.3) is 0 Å². The molecule has 0 saturated carbocycles. The molecule has 3 heteroatoms. The third-order valence-corrected chi connectivity index (χ3v) is 47.6. The number of rotatable bonds is 4. The van der Waals surface area contributed by atoms with Crippen LogP contribution in [0.5, 0.6) is 0 Å². The molecule has 0 N–H and O–H groups in total. The molecule has 0 fully saturated rings. The molecule has 2 aromatic carbocycles. The molecule has 0 amide bonds. The second-order valence-electron chi connectivity index (χ2n) is 9.61. The Morgan fingerprint density at radius 2 is 0.917 bits per heavy atom. The molecule has 0 nitrogen and oxygen atoms in total. The van der Waals surface area contributed by atoms with Crippen LogP contribution in [0, 0.1) is 0 Å². The van der Waals surface area contributed by atoms with Gasteiger partial charge in [-0.15, -0.1) is 0 Å². The van der Waals surface area contributed by atoms with Gasteiger partial charge >= 0.3 is 0 Å². The summed E-state index contributed by atoms with van der Waals surface area (Å²) in [5.41, 5.74) is 0. The van der Waals surface area contributed by atoms with E-state index in [1.54, 1.807) is 10.4 Å². The predicted octanol–water partition coefficient (Wildman–Crippen LogP) is 5.25. The Morgan fingerprint density at radius 1 is 0.583 bits per heavy atom. The van der Waals surface area contributed by atoms with Gasteiger partial charge in [-0.2, -0.15) is 0 Å². The Labute approximate surface area is 151 Å². The van der Waals surface area contributed by atoms with Crippen LogP contribution in [-0.2, 0) is 0 Å². The Hall–Kier alpha value is -0.909. The molecule has 0 heterocycles. The number of benzene rings is 2. The van der Waals surface area contributed by atoms with Gasteiger partial charge in [0.15, 0.2) is 0 Å². The fourth-order valence-corrected chi connectivity index (χ4v) is 43.0. The Kier molecular flexibility index (Phi) is 5.20. The maximum absolute atomic E-state index is 2.71. The zero-order chi connectivity index (χ0) is 18.2. The fraction of sp³-hybridized carbons (Fsp3) is 0.429. The summed E-state index contributed by atoms with van der Waals surface area (Å²) >= 11 is 0. The Morgan fingerprint density at radius 3 is 1.17 bits per heavy atom. The summed E-state index contributed by atoms with van der Waals surface area (Å²) in [5.74, 6) is 0. The summed E-state index contributed by atoms with van der Waals surface area (Å²) in [6, 6.07) is 23.1. The molecule has 2 rings (SSSR count). The van der Waals surface area contributed by atoms with E-state index in [0.29, 0.717) is 5.04 Å². The third kappa shape index (κ3) is 2.91. The molecule has 0 spiro atoms. The van der Waals surface area contributed by atoms with Crippen LogP contribution in [0.4, 0.5) is 0 Å². The molecule has 0 aliphatic heterocycles. The molecule has 0 bridgehead atoms. The van der Waals surface area contributed by atoms with E-state index in [2.05, 4.69) is 114 Å². The number of hydrogen-bond donors (Lipinski definition) is 0. The minimum absolute atomic E-state index is 0.297. The lowest BCUT2D eigenvalue weighted by atomic mass is 10.2. The molecular weight excluding hydrogens is 336 g/mol. The molecule has 0 atom stereocenters. The molecule has 0 unspecified atom stereocenters. The standard InChI is InChI=1S/C21H34Si3/c1-21(2,3)24(19-15-11-9-12-16-19,20-17-13-10-14-18-20)23(7,8)22(4,5)6/h9-18H,1-8H3. The van der Waals surface area contributed by atoms with Crippen LogP contribution >= 0.6 is 0 Å². The first-order valence-electron chi connectivity index (χ1n) is 9.07. The highest BCUT2D eigenvalue weighted by Gasteiger charge is 2.62. The lowest BCUT2D eigenvalue weighted by Crippen LogP contribution is -2.84. The molecule has 0 aromatic heterocycles. The van der Waals surface area contributed by atoms with Gasteiger partial charge in [0.05, 0.1) is 0 Å². The normalized spacial score (nSPS) is 13.8. The summed E-state index contributed by atoms with van der Waals surface area (Å²) in [5, 5.41) is 3.58. The summed E-state index contributed by atoms with van der Waals surface area (Å²) in [6.07, 6.45) is 0. The zero-order valence-corrected chi connectivity index (χ0v) is 19.8. The Bertz CT molecular complexity index is 622. The second kappa shape index (κ2) is 6.43. The molecule has 0 aliphatic rings. The van der Waals surface area contributed by atoms with Crippen LogP contribution in [0.3, 0.4) is 0 Å². The van der Waals surface area contributed by atoms with Crippen LogP contribution in [0.2, 0.25) is 37.8 Å². The van der Waals surface area contributed by atoms with Gasteiger partial charge in [-0.05, 0) is 5.04 Å². The van der Waals surface area contributed by atoms with E-state index in [9.17, 15) is 0 Å². The van der Waals surface area contributed by atoms with Crippen LogP contribution in [-0.4, -0.2) is 22.3 Å². The first-order valence-corrected chi connectivity index (χ1v) is 19.6. The molecule has 24 heavy (non-hydrogen) atoms. The lowest BCUT2D eigenvalue weighted by Gasteiger charge is -2.57. The number of hydrogen-bond acceptors (Lipinski definition) is 0. The van der Waals surface area contributed by atoms with Gasteiger partial charge in [0.2, 0.25) is 0 Å². The largest absolute Gasteiger partial charge is 0.113 e. The van der Waals surface area contributed by atoms with E-state index in [4.69, 9.17) is 0 Å². The summed E-state index contributed by atoms with van der Waals surface area (Å²) < 4.78 is 0. The Balaban J connectivity index is 2.97. The van der Waals surface area contributed by atoms with Crippen LogP contribution < -0.4 is 10.4 Å². The smallest absolute Gasteiger partial charge is 0.0725 e. The van der Waals surface area contributed by atoms with Crippen molar-refractivity contribution in [2.75, 3.05) is 0 Å². The van der Waals surface area contributed by atoms with Gasteiger partial charge in [-0.3, -0.25) is 0 Å². The summed E-state index contributed by atoms with van der Waals surface area (Å²) in [7, 11) is -4.73. The highest BCUT2D eigenvalue weighted by Crippen LogP contribution is 2.44. The summed E-state index contributed by atoms with van der Waals surface area (Å²) in [6.45, 7) is 20.8. The van der Waals surface area contributed by atoms with Crippen molar-refractivity contribution in [1.82, 2.24) is 0 Å². The van der Waals surface area contributed by atoms with E-state index in [1.807, 2.05) is 0 Å². The van der Waals surface area contributed by atoms with E-state index < -0.39 is 22.3 Å². The first-order chi connectivity index (χ1) is 11.0. The van der Waals surface area contributed by atoms with E-state index in [1.165, 1.54) is 0 Å². The quantitative estimate of drug-likeness (QED) is 0.644. The zero-order valence-electron chi connectivity index (χ0n) is 16.8. The van der Waals surface area contributed by atoms with Gasteiger partial charge in [0, 0.05) is 14.7 Å². The van der Waals surface area contributed by atoms with Crippen molar-refractivity contribution in [1.29, 1.82) is 0 Å². The van der Waals surface area contributed by atoms with E-state index in [0.717, 1.165) is 0 Å². The minimum atomic E-state index is -1.91. The maximum atomic E-state index is 2.71. The van der Waals surface area contributed by atoms with Crippen LogP contribution in [0.25, 0.3) is 0 Å². The van der Waals surface area contributed by atoms with Crippen molar-refractivity contribution in [2.24, 2.45) is 0 Å². The van der Waals surface area contributed by atoms with Crippen molar-refractivity contribution in [3.8, 4) is 0 Å². The van der Waals surface area contributed by atoms with E-state index in [-0.39, 0.29) is 0 Å². The van der Waals surface area contributed by atoms with Gasteiger partial charge < -0.3 is 0 Å². The molecule has 0 saturated heterocycles. The van der Waals surface area contributed by atoms with Gasteiger partial charge in [-0.1, -0.05) is 125 Å². The highest BCUT2D eigenvalue weighted by atomic mass is 29.6. The highest BCUT2D eigenvalue weighted by molar-refractivity contribution is 7.74. The second-order valence-corrected chi connectivity index (χ2v) is 37.3. The van der Waals surface area contributed by atoms with Crippen molar-refractivity contribution in [3.05, 3.63) is 60.7 Å². The van der Waals surface area contributed by atoms with Crippen molar-refractivity contribution >= 4 is 32.7 Å². The summed E-state index contributed by atoms with van der Waals surface area (Å²) in [4.78, 5) is 0. The molecule has 130 valence electrons.